The summed E-state index contributed by atoms with van der Waals surface area (Å²) in [7, 11) is 2.01. The topological polar surface area (TPSA) is 29.0 Å². The molecule has 2 rings (SSSR count). The molecule has 0 aromatic carbocycles. The second-order valence-electron chi connectivity index (χ2n) is 2.72. The number of hydrogen-bond donors (Lipinski definition) is 0. The zero-order valence-corrected chi connectivity index (χ0v) is 7.69. The van der Waals surface area contributed by atoms with E-state index < -0.39 is 0 Å². The van der Waals surface area contributed by atoms with Crippen LogP contribution in [-0.4, -0.2) is 21.8 Å². The maximum Gasteiger partial charge on any atom is 0.187 e. The highest BCUT2D eigenvalue weighted by atomic mass is 35.5. The van der Waals surface area contributed by atoms with Crippen LogP contribution in [0.5, 0.6) is 0 Å². The number of nitrogens with zero attached hydrogens (tertiary/aromatic N) is 3. The molecule has 0 amide bonds. The molecule has 1 aliphatic carbocycles. The smallest absolute Gasteiger partial charge is 0.187 e. The Balaban J connectivity index is 2.20. The summed E-state index contributed by atoms with van der Waals surface area (Å²) >= 11 is 6.97. The summed E-state index contributed by atoms with van der Waals surface area (Å²) in [6.45, 7) is 0. The Kier molecular flexibility index (Phi) is 1.73. The van der Waals surface area contributed by atoms with E-state index in [0.717, 1.165) is 5.82 Å². The molecule has 1 aromatic rings. The molecule has 1 saturated carbocycles. The zero-order chi connectivity index (χ0) is 7.84. The number of aromatic nitrogens is 2. The van der Waals surface area contributed by atoms with Gasteiger partial charge in [0.05, 0.1) is 11.7 Å². The molecule has 1 fully saturated rings. The Hall–Kier alpha value is -0.350. The Morgan fingerprint density at radius 2 is 2.27 bits per heavy atom. The fourth-order valence-electron chi connectivity index (χ4n) is 1.02. The van der Waals surface area contributed by atoms with E-state index in [9.17, 15) is 0 Å². The van der Waals surface area contributed by atoms with Gasteiger partial charge >= 0.3 is 0 Å². The van der Waals surface area contributed by atoms with Gasteiger partial charge in [0.15, 0.2) is 11.0 Å². The number of hydrogen-bond acceptors (Lipinski definition) is 4. The standard InChI is InChI=1S/C6H8ClN3S/c1-10(4-2-3-4)6-5(7)8-11-9-6/h4H,2-3H2,1H3. The van der Waals surface area contributed by atoms with Crippen LogP contribution in [-0.2, 0) is 0 Å². The molecule has 0 spiro atoms. The van der Waals surface area contributed by atoms with Crippen molar-refractivity contribution in [1.29, 1.82) is 0 Å². The van der Waals surface area contributed by atoms with Crippen LogP contribution in [0.15, 0.2) is 0 Å². The van der Waals surface area contributed by atoms with Crippen molar-refractivity contribution >= 4 is 29.1 Å². The average Bonchev–Trinajstić information content (AvgIpc) is 2.74. The van der Waals surface area contributed by atoms with Crippen molar-refractivity contribution in [2.24, 2.45) is 0 Å². The molecule has 1 aromatic heterocycles. The highest BCUT2D eigenvalue weighted by Crippen LogP contribution is 2.32. The van der Waals surface area contributed by atoms with E-state index in [0.29, 0.717) is 11.2 Å². The average molecular weight is 190 g/mol. The largest absolute Gasteiger partial charge is 0.353 e. The number of anilines is 1. The minimum absolute atomic E-state index is 0.532. The van der Waals surface area contributed by atoms with Gasteiger partial charge < -0.3 is 4.90 Å². The molecule has 0 radical (unpaired) electrons. The summed E-state index contributed by atoms with van der Waals surface area (Å²) in [4.78, 5) is 2.10. The van der Waals surface area contributed by atoms with Gasteiger partial charge in [0.2, 0.25) is 0 Å². The van der Waals surface area contributed by atoms with E-state index in [-0.39, 0.29) is 0 Å². The molecule has 1 heterocycles. The number of rotatable bonds is 2. The molecule has 3 nitrogen and oxygen atoms in total. The second kappa shape index (κ2) is 2.60. The molecule has 1 aliphatic rings. The van der Waals surface area contributed by atoms with Gasteiger partial charge in [-0.05, 0) is 12.8 Å². The van der Waals surface area contributed by atoms with Gasteiger partial charge in [0.1, 0.15) is 0 Å². The lowest BCUT2D eigenvalue weighted by Crippen LogP contribution is -2.19. The quantitative estimate of drug-likeness (QED) is 0.711. The van der Waals surface area contributed by atoms with E-state index in [2.05, 4.69) is 13.6 Å². The third kappa shape index (κ3) is 1.32. The normalized spacial score (nSPS) is 16.9. The molecule has 0 bridgehead atoms. The van der Waals surface area contributed by atoms with E-state index in [1.807, 2.05) is 7.05 Å². The van der Waals surface area contributed by atoms with Crippen molar-refractivity contribution in [2.45, 2.75) is 18.9 Å². The maximum atomic E-state index is 5.80. The minimum Gasteiger partial charge on any atom is -0.353 e. The summed E-state index contributed by atoms with van der Waals surface area (Å²) in [6, 6.07) is 0.649. The summed E-state index contributed by atoms with van der Waals surface area (Å²) < 4.78 is 8.00. The van der Waals surface area contributed by atoms with Crippen molar-refractivity contribution < 1.29 is 0 Å². The van der Waals surface area contributed by atoms with Gasteiger partial charge in [-0.3, -0.25) is 0 Å². The van der Waals surface area contributed by atoms with Gasteiger partial charge in [-0.1, -0.05) is 11.6 Å². The van der Waals surface area contributed by atoms with Crippen LogP contribution in [0.1, 0.15) is 12.8 Å². The third-order valence-corrected chi connectivity index (χ3v) is 2.73. The van der Waals surface area contributed by atoms with Crippen LogP contribution in [0.4, 0.5) is 5.82 Å². The van der Waals surface area contributed by atoms with E-state index in [1.54, 1.807) is 0 Å². The maximum absolute atomic E-state index is 5.80. The van der Waals surface area contributed by atoms with Crippen LogP contribution in [0.3, 0.4) is 0 Å². The lowest BCUT2D eigenvalue weighted by molar-refractivity contribution is 0.902. The minimum atomic E-state index is 0.532. The predicted molar refractivity (Wildman–Crippen MR) is 46.3 cm³/mol. The summed E-state index contributed by atoms with van der Waals surface area (Å²) in [6.07, 6.45) is 2.51. The fourth-order valence-corrected chi connectivity index (χ4v) is 1.82. The predicted octanol–water partition coefficient (Wildman–Crippen LogP) is 1.79. The molecule has 0 aliphatic heterocycles. The molecular formula is C6H8ClN3S. The van der Waals surface area contributed by atoms with Crippen LogP contribution in [0.25, 0.3) is 0 Å². The van der Waals surface area contributed by atoms with Crippen LogP contribution in [0, 0.1) is 0 Å². The lowest BCUT2D eigenvalue weighted by Gasteiger charge is -2.13. The Morgan fingerprint density at radius 1 is 1.55 bits per heavy atom. The van der Waals surface area contributed by atoms with Crippen molar-refractivity contribution in [2.75, 3.05) is 11.9 Å². The van der Waals surface area contributed by atoms with Gasteiger partial charge in [-0.2, -0.15) is 8.75 Å². The molecule has 60 valence electrons. The lowest BCUT2D eigenvalue weighted by atomic mass is 10.5. The van der Waals surface area contributed by atoms with Crippen molar-refractivity contribution in [3.05, 3.63) is 5.15 Å². The van der Waals surface area contributed by atoms with E-state index in [4.69, 9.17) is 11.6 Å². The van der Waals surface area contributed by atoms with Gasteiger partial charge in [0.25, 0.3) is 0 Å². The second-order valence-corrected chi connectivity index (χ2v) is 3.61. The Labute approximate surface area is 74.3 Å². The molecule has 11 heavy (non-hydrogen) atoms. The SMILES string of the molecule is CN(c1nsnc1Cl)C1CC1. The first kappa shape index (κ1) is 7.31. The fraction of sp³-hybridized carbons (Fsp3) is 0.667. The molecule has 0 atom stereocenters. The van der Waals surface area contributed by atoms with Gasteiger partial charge in [0, 0.05) is 13.1 Å². The first-order valence-electron chi connectivity index (χ1n) is 3.50. The van der Waals surface area contributed by atoms with Gasteiger partial charge in [-0.25, -0.2) is 0 Å². The molecule has 0 unspecified atom stereocenters. The molecule has 0 saturated heterocycles. The number of halogens is 1. The van der Waals surface area contributed by atoms with E-state index >= 15 is 0 Å². The Bertz CT molecular complexity index is 258. The highest BCUT2D eigenvalue weighted by molar-refractivity contribution is 6.99. The third-order valence-electron chi connectivity index (χ3n) is 1.86. The molecule has 0 N–H and O–H groups in total. The van der Waals surface area contributed by atoms with Crippen molar-refractivity contribution in [3.63, 3.8) is 0 Å². The molecule has 5 heteroatoms. The van der Waals surface area contributed by atoms with Crippen molar-refractivity contribution in [1.82, 2.24) is 8.75 Å². The summed E-state index contributed by atoms with van der Waals surface area (Å²) in [5, 5.41) is 0.532. The van der Waals surface area contributed by atoms with E-state index in [1.165, 1.54) is 24.6 Å². The van der Waals surface area contributed by atoms with Crippen molar-refractivity contribution in [3.8, 4) is 0 Å². The molecular weight excluding hydrogens is 182 g/mol. The highest BCUT2D eigenvalue weighted by Gasteiger charge is 2.29. The monoisotopic (exact) mass is 189 g/mol. The van der Waals surface area contributed by atoms with Gasteiger partial charge in [-0.15, -0.1) is 0 Å². The first-order valence-corrected chi connectivity index (χ1v) is 4.61. The summed E-state index contributed by atoms with van der Waals surface area (Å²) in [5.41, 5.74) is 0. The van der Waals surface area contributed by atoms with Crippen LogP contribution >= 0.6 is 23.3 Å². The van der Waals surface area contributed by atoms with Crippen LogP contribution in [0.2, 0.25) is 5.15 Å². The Morgan fingerprint density at radius 3 is 2.73 bits per heavy atom. The van der Waals surface area contributed by atoms with Crippen LogP contribution < -0.4 is 4.90 Å². The summed E-state index contributed by atoms with van der Waals surface area (Å²) in [5.74, 6) is 0.833. The first-order chi connectivity index (χ1) is 5.29. The zero-order valence-electron chi connectivity index (χ0n) is 6.12.